The normalized spacial score (nSPS) is 18.2. The van der Waals surface area contributed by atoms with Gasteiger partial charge in [-0.2, -0.15) is 0 Å². The summed E-state index contributed by atoms with van der Waals surface area (Å²) in [5.74, 6) is -1.44. The zero-order chi connectivity index (χ0) is 25.1. The number of hydroxylamine groups is 2. The van der Waals surface area contributed by atoms with Crippen molar-refractivity contribution in [3.05, 3.63) is 107 Å². The Labute approximate surface area is 210 Å². The summed E-state index contributed by atoms with van der Waals surface area (Å²) in [6, 6.07) is 24.2. The summed E-state index contributed by atoms with van der Waals surface area (Å²) in [6.45, 7) is 4.61. The minimum atomic E-state index is -1.50. The number of nitrogens with zero attached hydrogens (tertiary/aromatic N) is 3. The number of carbonyl (C=O) groups is 3. The van der Waals surface area contributed by atoms with E-state index in [1.807, 2.05) is 18.2 Å². The molecule has 3 aromatic rings. The van der Waals surface area contributed by atoms with E-state index < -0.39 is 23.4 Å². The van der Waals surface area contributed by atoms with E-state index in [4.69, 9.17) is 4.84 Å². The molecular formula is C28H28N4O4. The molecule has 5 rings (SSSR count). The number of amides is 3. The predicted octanol–water partition coefficient (Wildman–Crippen LogP) is 3.00. The van der Waals surface area contributed by atoms with Crippen molar-refractivity contribution in [1.82, 2.24) is 20.2 Å². The number of hydrogen-bond donors (Lipinski definition) is 1. The number of hydrogen-bond acceptors (Lipinski definition) is 6. The second-order valence-electron chi connectivity index (χ2n) is 9.17. The average molecular weight is 485 g/mol. The molecule has 2 saturated heterocycles. The van der Waals surface area contributed by atoms with Crippen LogP contribution in [0.1, 0.15) is 27.0 Å². The van der Waals surface area contributed by atoms with Gasteiger partial charge in [0.25, 0.3) is 5.91 Å². The van der Waals surface area contributed by atoms with Crippen molar-refractivity contribution >= 4 is 17.9 Å². The van der Waals surface area contributed by atoms with Gasteiger partial charge in [0.1, 0.15) is 0 Å². The first-order chi connectivity index (χ1) is 17.5. The van der Waals surface area contributed by atoms with Crippen molar-refractivity contribution in [2.45, 2.75) is 12.1 Å². The minimum absolute atomic E-state index is 0.277. The van der Waals surface area contributed by atoms with E-state index in [-0.39, 0.29) is 5.56 Å². The Morgan fingerprint density at radius 3 is 2.08 bits per heavy atom. The predicted molar refractivity (Wildman–Crippen MR) is 134 cm³/mol. The van der Waals surface area contributed by atoms with E-state index in [1.54, 1.807) is 66.7 Å². The van der Waals surface area contributed by atoms with Crippen LogP contribution in [-0.2, 0) is 21.7 Å². The number of piperazine rings is 1. The topological polar surface area (TPSA) is 82.2 Å². The molecule has 0 unspecified atom stereocenters. The Bertz CT molecular complexity index is 1220. The third kappa shape index (κ3) is 4.48. The highest BCUT2D eigenvalue weighted by molar-refractivity contribution is 6.09. The summed E-state index contributed by atoms with van der Waals surface area (Å²) in [4.78, 5) is 49.7. The summed E-state index contributed by atoms with van der Waals surface area (Å²) in [6.07, 6.45) is 0. The molecule has 2 heterocycles. The zero-order valence-electron chi connectivity index (χ0n) is 20.1. The van der Waals surface area contributed by atoms with Crippen molar-refractivity contribution < 1.29 is 19.2 Å². The minimum Gasteiger partial charge on any atom is -0.323 e. The first-order valence-electron chi connectivity index (χ1n) is 12.0. The summed E-state index contributed by atoms with van der Waals surface area (Å²) in [7, 11) is 2.11. The van der Waals surface area contributed by atoms with E-state index in [0.717, 1.165) is 31.7 Å². The molecule has 3 amide bonds. The van der Waals surface area contributed by atoms with E-state index in [2.05, 4.69) is 22.2 Å². The number of carbonyl (C=O) groups excluding carboxylic acids is 3. The molecule has 0 saturated carbocycles. The van der Waals surface area contributed by atoms with Crippen LogP contribution in [0.5, 0.6) is 0 Å². The van der Waals surface area contributed by atoms with Crippen molar-refractivity contribution in [2.24, 2.45) is 0 Å². The average Bonchev–Trinajstić information content (AvgIpc) is 3.17. The number of benzene rings is 3. The molecule has 3 aromatic carbocycles. The fraction of sp³-hybridized carbons (Fsp3) is 0.250. The van der Waals surface area contributed by atoms with Gasteiger partial charge in [0.15, 0.2) is 5.54 Å². The van der Waals surface area contributed by atoms with Crippen molar-refractivity contribution in [2.75, 3.05) is 33.2 Å². The van der Waals surface area contributed by atoms with E-state index in [9.17, 15) is 14.4 Å². The number of nitrogens with one attached hydrogen (secondary N) is 1. The third-order valence-corrected chi connectivity index (χ3v) is 6.74. The Morgan fingerprint density at radius 1 is 0.861 bits per heavy atom. The van der Waals surface area contributed by atoms with Gasteiger partial charge in [0.2, 0.25) is 0 Å². The van der Waals surface area contributed by atoms with Gasteiger partial charge in [0, 0.05) is 32.7 Å². The molecule has 8 heteroatoms. The summed E-state index contributed by atoms with van der Waals surface area (Å²) < 4.78 is 0. The van der Waals surface area contributed by atoms with Crippen molar-refractivity contribution in [1.29, 1.82) is 0 Å². The molecule has 0 aromatic heterocycles. The fourth-order valence-corrected chi connectivity index (χ4v) is 4.72. The van der Waals surface area contributed by atoms with Crippen molar-refractivity contribution in [3.63, 3.8) is 0 Å². The molecule has 0 atom stereocenters. The maximum absolute atomic E-state index is 13.7. The Balaban J connectivity index is 1.37. The highest BCUT2D eigenvalue weighted by Gasteiger charge is 2.56. The molecule has 0 bridgehead atoms. The van der Waals surface area contributed by atoms with Gasteiger partial charge >= 0.3 is 12.0 Å². The van der Waals surface area contributed by atoms with Crippen LogP contribution in [-0.4, -0.2) is 66.0 Å². The van der Waals surface area contributed by atoms with E-state index in [0.29, 0.717) is 22.7 Å². The maximum Gasteiger partial charge on any atom is 0.364 e. The lowest BCUT2D eigenvalue weighted by Crippen LogP contribution is -2.45. The molecule has 184 valence electrons. The second kappa shape index (κ2) is 9.93. The van der Waals surface area contributed by atoms with E-state index in [1.165, 1.54) is 0 Å². The maximum atomic E-state index is 13.7. The zero-order valence-corrected chi connectivity index (χ0v) is 20.1. The first kappa shape index (κ1) is 23.7. The quantitative estimate of drug-likeness (QED) is 0.542. The molecule has 1 N–H and O–H groups in total. The van der Waals surface area contributed by atoms with Gasteiger partial charge in [-0.05, 0) is 35.9 Å². The Kier molecular flexibility index (Phi) is 6.54. The Morgan fingerprint density at radius 2 is 1.47 bits per heavy atom. The summed E-state index contributed by atoms with van der Waals surface area (Å²) in [5.41, 5.74) is 0.890. The first-order valence-corrected chi connectivity index (χ1v) is 12.0. The summed E-state index contributed by atoms with van der Waals surface area (Å²) >= 11 is 0. The molecule has 0 spiro atoms. The van der Waals surface area contributed by atoms with Gasteiger partial charge in [-0.3, -0.25) is 9.69 Å². The highest BCUT2D eigenvalue weighted by Crippen LogP contribution is 2.36. The molecule has 36 heavy (non-hydrogen) atoms. The third-order valence-electron chi connectivity index (χ3n) is 6.74. The van der Waals surface area contributed by atoms with Crippen LogP contribution in [0, 0.1) is 0 Å². The van der Waals surface area contributed by atoms with Crippen LogP contribution in [0.25, 0.3) is 0 Å². The highest BCUT2D eigenvalue weighted by atomic mass is 16.7. The van der Waals surface area contributed by atoms with Gasteiger partial charge in [-0.1, -0.05) is 77.9 Å². The molecular weight excluding hydrogens is 456 g/mol. The van der Waals surface area contributed by atoms with Gasteiger partial charge in [-0.15, -0.1) is 0 Å². The smallest absolute Gasteiger partial charge is 0.323 e. The SMILES string of the molecule is CN1CCN(Cc2cccc(C(=O)ON3C(=O)NC(c4ccccc4)(c4ccccc4)C3=O)c2)CC1. The molecule has 8 nitrogen and oxygen atoms in total. The van der Waals surface area contributed by atoms with Crippen LogP contribution in [0.15, 0.2) is 84.9 Å². The lowest BCUT2D eigenvalue weighted by atomic mass is 9.83. The number of imide groups is 1. The number of likely N-dealkylation sites (N-methyl/N-ethyl adjacent to an activating group) is 1. The lowest BCUT2D eigenvalue weighted by molar-refractivity contribution is -0.153. The largest absolute Gasteiger partial charge is 0.364 e. The fourth-order valence-electron chi connectivity index (χ4n) is 4.72. The van der Waals surface area contributed by atoms with Gasteiger partial charge < -0.3 is 15.1 Å². The van der Waals surface area contributed by atoms with Gasteiger partial charge in [0.05, 0.1) is 5.56 Å². The standard InChI is InChI=1S/C28H28N4O4/c1-30-15-17-31(18-16-30)20-21-9-8-10-22(19-21)25(33)36-32-26(34)28(29-27(32)35,23-11-4-2-5-12-23)24-13-6-3-7-14-24/h2-14,19H,15-18,20H2,1H3,(H,29,35). The molecule has 2 fully saturated rings. The monoisotopic (exact) mass is 484 g/mol. The van der Waals surface area contributed by atoms with Crippen LogP contribution in [0.2, 0.25) is 0 Å². The van der Waals surface area contributed by atoms with Crippen LogP contribution < -0.4 is 5.32 Å². The second-order valence-corrected chi connectivity index (χ2v) is 9.17. The number of rotatable bonds is 6. The van der Waals surface area contributed by atoms with Crippen LogP contribution in [0.4, 0.5) is 4.79 Å². The van der Waals surface area contributed by atoms with Crippen LogP contribution in [0.3, 0.4) is 0 Å². The number of urea groups is 1. The molecule has 2 aliphatic heterocycles. The van der Waals surface area contributed by atoms with Gasteiger partial charge in [-0.25, -0.2) is 9.59 Å². The van der Waals surface area contributed by atoms with E-state index >= 15 is 0 Å². The molecule has 2 aliphatic rings. The summed E-state index contributed by atoms with van der Waals surface area (Å²) in [5, 5.41) is 3.31. The van der Waals surface area contributed by atoms with Crippen LogP contribution >= 0.6 is 0 Å². The lowest BCUT2D eigenvalue weighted by Gasteiger charge is -2.32. The molecule has 0 radical (unpaired) electrons. The Hall–Kier alpha value is -4.01. The van der Waals surface area contributed by atoms with Crippen molar-refractivity contribution in [3.8, 4) is 0 Å². The molecule has 0 aliphatic carbocycles.